The number of aryl methyl sites for hydroxylation is 2. The number of morpholine rings is 1. The second-order valence-electron chi connectivity index (χ2n) is 6.27. The molecule has 2 amide bonds. The van der Waals surface area contributed by atoms with E-state index >= 15 is 0 Å². The molecule has 1 unspecified atom stereocenters. The number of amides is 2. The number of rotatable bonds is 3. The number of pyridine rings is 1. The van der Waals surface area contributed by atoms with Gasteiger partial charge in [-0.05, 0) is 30.9 Å². The molecular weight excluding hydrogens is 282 g/mol. The fourth-order valence-corrected chi connectivity index (χ4v) is 2.71. The fourth-order valence-electron chi connectivity index (χ4n) is 2.71. The maximum absolute atomic E-state index is 12.6. The summed E-state index contributed by atoms with van der Waals surface area (Å²) in [6, 6.07) is 1.66. The highest BCUT2D eigenvalue weighted by molar-refractivity contribution is 5.90. The number of hydrogen-bond donors (Lipinski definition) is 1. The Morgan fingerprint density at radius 3 is 2.91 bits per heavy atom. The molecular formula is C16H25N3O3. The topological polar surface area (TPSA) is 63.6 Å². The third-order valence-corrected chi connectivity index (χ3v) is 3.94. The van der Waals surface area contributed by atoms with Gasteiger partial charge < -0.3 is 19.5 Å². The van der Waals surface area contributed by atoms with E-state index in [9.17, 15) is 9.59 Å². The monoisotopic (exact) mass is 307 g/mol. The summed E-state index contributed by atoms with van der Waals surface area (Å²) in [4.78, 5) is 26.5. The molecule has 1 aliphatic rings. The molecule has 2 rings (SSSR count). The van der Waals surface area contributed by atoms with Crippen molar-refractivity contribution in [1.82, 2.24) is 9.47 Å². The molecule has 1 aromatic heterocycles. The van der Waals surface area contributed by atoms with Crippen LogP contribution in [0.3, 0.4) is 0 Å². The maximum Gasteiger partial charge on any atom is 0.322 e. The van der Waals surface area contributed by atoms with Crippen LogP contribution in [-0.2, 0) is 11.8 Å². The molecule has 1 atom stereocenters. The minimum atomic E-state index is -0.222. The average molecular weight is 307 g/mol. The van der Waals surface area contributed by atoms with Crippen LogP contribution in [0, 0.1) is 12.8 Å². The average Bonchev–Trinajstić information content (AvgIpc) is 2.47. The Hall–Kier alpha value is -1.82. The van der Waals surface area contributed by atoms with Crippen LogP contribution in [0.5, 0.6) is 0 Å². The molecule has 22 heavy (non-hydrogen) atoms. The van der Waals surface area contributed by atoms with E-state index in [0.29, 0.717) is 31.4 Å². The van der Waals surface area contributed by atoms with Crippen LogP contribution in [0.25, 0.3) is 0 Å². The van der Waals surface area contributed by atoms with Gasteiger partial charge in [0.25, 0.3) is 5.56 Å². The van der Waals surface area contributed by atoms with Crippen LogP contribution in [0.2, 0.25) is 0 Å². The van der Waals surface area contributed by atoms with E-state index < -0.39 is 0 Å². The van der Waals surface area contributed by atoms with E-state index in [1.165, 1.54) is 4.57 Å². The highest BCUT2D eigenvalue weighted by Gasteiger charge is 2.28. The lowest BCUT2D eigenvalue weighted by Gasteiger charge is -2.36. The maximum atomic E-state index is 12.6. The van der Waals surface area contributed by atoms with Crippen molar-refractivity contribution >= 4 is 11.7 Å². The zero-order valence-corrected chi connectivity index (χ0v) is 13.8. The molecule has 1 fully saturated rings. The molecule has 1 saturated heterocycles. The van der Waals surface area contributed by atoms with Gasteiger partial charge in [-0.25, -0.2) is 4.79 Å². The van der Waals surface area contributed by atoms with Gasteiger partial charge in [0.15, 0.2) is 0 Å². The molecule has 0 aliphatic carbocycles. The SMILES string of the molecule is Cc1ccn(C)c(=O)c1NC(=O)N1CCOCC1CC(C)C. The zero-order chi connectivity index (χ0) is 16.3. The molecule has 0 aromatic carbocycles. The van der Waals surface area contributed by atoms with Gasteiger partial charge in [-0.15, -0.1) is 0 Å². The summed E-state index contributed by atoms with van der Waals surface area (Å²) in [6.07, 6.45) is 2.59. The van der Waals surface area contributed by atoms with Crippen LogP contribution < -0.4 is 10.9 Å². The predicted octanol–water partition coefficient (Wildman–Crippen LogP) is 1.97. The molecule has 0 spiro atoms. The number of carbonyl (C=O) groups is 1. The number of aromatic nitrogens is 1. The lowest BCUT2D eigenvalue weighted by molar-refractivity contribution is 0.00856. The number of hydrogen-bond acceptors (Lipinski definition) is 3. The summed E-state index contributed by atoms with van der Waals surface area (Å²) >= 11 is 0. The summed E-state index contributed by atoms with van der Waals surface area (Å²) in [6.45, 7) is 7.71. The number of urea groups is 1. The molecule has 0 bridgehead atoms. The Morgan fingerprint density at radius 1 is 1.50 bits per heavy atom. The van der Waals surface area contributed by atoms with Gasteiger partial charge in [0.05, 0.1) is 19.3 Å². The fraction of sp³-hybridized carbons (Fsp3) is 0.625. The largest absolute Gasteiger partial charge is 0.377 e. The third kappa shape index (κ3) is 3.68. The van der Waals surface area contributed by atoms with Crippen molar-refractivity contribution in [3.63, 3.8) is 0 Å². The van der Waals surface area contributed by atoms with Crippen LogP contribution in [0.1, 0.15) is 25.8 Å². The number of nitrogens with one attached hydrogen (secondary N) is 1. The quantitative estimate of drug-likeness (QED) is 0.928. The lowest BCUT2D eigenvalue weighted by Crippen LogP contribution is -2.51. The summed E-state index contributed by atoms with van der Waals surface area (Å²) in [5.74, 6) is 0.480. The molecule has 1 aliphatic heterocycles. The van der Waals surface area contributed by atoms with Gasteiger partial charge in [-0.1, -0.05) is 13.8 Å². The van der Waals surface area contributed by atoms with Gasteiger partial charge in [0, 0.05) is 19.8 Å². The third-order valence-electron chi connectivity index (χ3n) is 3.94. The minimum Gasteiger partial charge on any atom is -0.377 e. The normalized spacial score (nSPS) is 18.6. The number of anilines is 1. The second-order valence-corrected chi connectivity index (χ2v) is 6.27. The van der Waals surface area contributed by atoms with Crippen LogP contribution >= 0.6 is 0 Å². The molecule has 2 heterocycles. The van der Waals surface area contributed by atoms with E-state index in [0.717, 1.165) is 12.0 Å². The number of ether oxygens (including phenoxy) is 1. The van der Waals surface area contributed by atoms with E-state index in [1.807, 2.05) is 13.0 Å². The smallest absolute Gasteiger partial charge is 0.322 e. The lowest BCUT2D eigenvalue weighted by atomic mass is 10.0. The van der Waals surface area contributed by atoms with Crippen molar-refractivity contribution in [2.75, 3.05) is 25.1 Å². The van der Waals surface area contributed by atoms with Crippen molar-refractivity contribution in [3.05, 3.63) is 28.2 Å². The molecule has 0 saturated carbocycles. The van der Waals surface area contributed by atoms with Crippen molar-refractivity contribution in [2.24, 2.45) is 13.0 Å². The standard InChI is InChI=1S/C16H25N3O3/c1-11(2)9-13-10-22-8-7-19(13)16(21)17-14-12(3)5-6-18(4)15(14)20/h5-6,11,13H,7-10H2,1-4H3,(H,17,21). The Bertz CT molecular complexity index is 595. The van der Waals surface area contributed by atoms with E-state index in [-0.39, 0.29) is 17.6 Å². The van der Waals surface area contributed by atoms with Crippen LogP contribution in [-0.4, -0.2) is 41.3 Å². The summed E-state index contributed by atoms with van der Waals surface area (Å²) in [7, 11) is 1.67. The van der Waals surface area contributed by atoms with E-state index in [1.54, 1.807) is 18.1 Å². The van der Waals surface area contributed by atoms with Crippen molar-refractivity contribution in [2.45, 2.75) is 33.2 Å². The van der Waals surface area contributed by atoms with Crippen molar-refractivity contribution < 1.29 is 9.53 Å². The Balaban J connectivity index is 2.17. The van der Waals surface area contributed by atoms with Gasteiger partial charge >= 0.3 is 6.03 Å². The van der Waals surface area contributed by atoms with Crippen molar-refractivity contribution in [3.8, 4) is 0 Å². The van der Waals surface area contributed by atoms with Crippen LogP contribution in [0.4, 0.5) is 10.5 Å². The van der Waals surface area contributed by atoms with E-state index in [2.05, 4.69) is 19.2 Å². The first kappa shape index (κ1) is 16.5. The summed E-state index contributed by atoms with van der Waals surface area (Å²) in [5, 5.41) is 2.79. The highest BCUT2D eigenvalue weighted by atomic mass is 16.5. The van der Waals surface area contributed by atoms with Gasteiger partial charge in [-0.3, -0.25) is 4.79 Å². The molecule has 6 heteroatoms. The number of nitrogens with zero attached hydrogens (tertiary/aromatic N) is 2. The highest BCUT2D eigenvalue weighted by Crippen LogP contribution is 2.17. The Labute approximate surface area is 131 Å². The van der Waals surface area contributed by atoms with Crippen molar-refractivity contribution in [1.29, 1.82) is 0 Å². The minimum absolute atomic E-state index is 0.0571. The first-order chi connectivity index (χ1) is 10.4. The Morgan fingerprint density at radius 2 is 2.23 bits per heavy atom. The first-order valence-corrected chi connectivity index (χ1v) is 7.71. The molecule has 6 nitrogen and oxygen atoms in total. The summed E-state index contributed by atoms with van der Waals surface area (Å²) < 4.78 is 6.96. The molecule has 122 valence electrons. The van der Waals surface area contributed by atoms with Gasteiger partial charge in [0.1, 0.15) is 5.69 Å². The zero-order valence-electron chi connectivity index (χ0n) is 13.8. The van der Waals surface area contributed by atoms with Gasteiger partial charge in [-0.2, -0.15) is 0 Å². The number of carbonyl (C=O) groups excluding carboxylic acids is 1. The first-order valence-electron chi connectivity index (χ1n) is 7.71. The predicted molar refractivity (Wildman–Crippen MR) is 86.2 cm³/mol. The van der Waals surface area contributed by atoms with Crippen LogP contribution in [0.15, 0.2) is 17.1 Å². The van der Waals surface area contributed by atoms with E-state index in [4.69, 9.17) is 4.74 Å². The second kappa shape index (κ2) is 6.96. The summed E-state index contributed by atoms with van der Waals surface area (Å²) in [5.41, 5.74) is 0.928. The molecule has 1 N–H and O–H groups in total. The molecule has 1 aromatic rings. The molecule has 0 radical (unpaired) electrons. The Kier molecular flexibility index (Phi) is 5.24. The van der Waals surface area contributed by atoms with Gasteiger partial charge in [0.2, 0.25) is 0 Å².